The minimum absolute atomic E-state index is 0.0210. The van der Waals surface area contributed by atoms with E-state index in [1.807, 2.05) is 72.5 Å². The van der Waals surface area contributed by atoms with Crippen molar-refractivity contribution in [1.29, 1.82) is 0 Å². The molecule has 1 aliphatic heterocycles. The van der Waals surface area contributed by atoms with Crippen molar-refractivity contribution in [1.82, 2.24) is 9.80 Å². The second-order valence-electron chi connectivity index (χ2n) is 9.27. The van der Waals surface area contributed by atoms with Crippen molar-refractivity contribution < 1.29 is 18.7 Å². The zero-order chi connectivity index (χ0) is 25.6. The highest BCUT2D eigenvalue weighted by Gasteiger charge is 2.33. The van der Waals surface area contributed by atoms with E-state index in [2.05, 4.69) is 11.4 Å². The van der Waals surface area contributed by atoms with Crippen molar-refractivity contribution >= 4 is 23.2 Å². The van der Waals surface area contributed by atoms with E-state index in [4.69, 9.17) is 9.15 Å². The van der Waals surface area contributed by atoms with Crippen LogP contribution in [-0.2, 0) is 29.0 Å². The van der Waals surface area contributed by atoms with Crippen LogP contribution in [0.1, 0.15) is 33.4 Å². The highest BCUT2D eigenvalue weighted by molar-refractivity contribution is 7.10. The molecule has 0 fully saturated rings. The molecule has 2 amide bonds. The Bertz CT molecular complexity index is 1320. The van der Waals surface area contributed by atoms with Gasteiger partial charge in [-0.15, -0.1) is 11.3 Å². The SMILES string of the molecule is Cc1ccc(OCC2c3ccsc3CCN2C(=O)CN(Cc2ccco2)C(=O)Cc2ccccc2)cc1. The molecule has 1 aliphatic rings. The zero-order valence-corrected chi connectivity index (χ0v) is 21.7. The predicted molar refractivity (Wildman–Crippen MR) is 143 cm³/mol. The second-order valence-corrected chi connectivity index (χ2v) is 10.3. The normalized spacial score (nSPS) is 14.7. The topological polar surface area (TPSA) is 63.0 Å². The van der Waals surface area contributed by atoms with Crippen molar-refractivity contribution in [2.45, 2.75) is 32.4 Å². The average molecular weight is 515 g/mol. The third-order valence-corrected chi connectivity index (χ3v) is 7.64. The molecule has 7 heteroatoms. The lowest BCUT2D eigenvalue weighted by atomic mass is 10.0. The Morgan fingerprint density at radius 2 is 1.86 bits per heavy atom. The van der Waals surface area contributed by atoms with Crippen LogP contribution in [0, 0.1) is 6.92 Å². The summed E-state index contributed by atoms with van der Waals surface area (Å²) in [7, 11) is 0. The van der Waals surface area contributed by atoms with Gasteiger partial charge >= 0.3 is 0 Å². The van der Waals surface area contributed by atoms with E-state index < -0.39 is 0 Å². The molecule has 0 saturated heterocycles. The van der Waals surface area contributed by atoms with Crippen molar-refractivity contribution in [3.05, 3.63) is 112 Å². The lowest BCUT2D eigenvalue weighted by Crippen LogP contribution is -2.47. The van der Waals surface area contributed by atoms with Gasteiger partial charge in [0.05, 0.1) is 25.3 Å². The van der Waals surface area contributed by atoms with E-state index in [0.717, 1.165) is 23.3 Å². The summed E-state index contributed by atoms with van der Waals surface area (Å²) in [5, 5.41) is 2.07. The quantitative estimate of drug-likeness (QED) is 0.299. The van der Waals surface area contributed by atoms with Crippen LogP contribution in [0.4, 0.5) is 0 Å². The maximum atomic E-state index is 13.7. The molecule has 0 N–H and O–H groups in total. The molecule has 4 aromatic rings. The summed E-state index contributed by atoms with van der Waals surface area (Å²) in [4.78, 5) is 31.8. The molecular formula is C30H30N2O4S. The minimum atomic E-state index is -0.210. The Labute approximate surface area is 221 Å². The highest BCUT2D eigenvalue weighted by Crippen LogP contribution is 2.34. The molecule has 1 atom stereocenters. The molecule has 5 rings (SSSR count). The van der Waals surface area contributed by atoms with Gasteiger partial charge in [0.25, 0.3) is 0 Å². The summed E-state index contributed by atoms with van der Waals surface area (Å²) in [6.45, 7) is 3.21. The van der Waals surface area contributed by atoms with Crippen LogP contribution < -0.4 is 4.74 Å². The number of fused-ring (bicyclic) bond motifs is 1. The first kappa shape index (κ1) is 24.8. The third-order valence-electron chi connectivity index (χ3n) is 6.65. The van der Waals surface area contributed by atoms with Gasteiger partial charge in [0.2, 0.25) is 11.8 Å². The van der Waals surface area contributed by atoms with E-state index in [9.17, 15) is 9.59 Å². The standard InChI is InChI=1S/C30H30N2O4S/c1-22-9-11-24(12-10-22)36-21-27-26-14-17-37-28(26)13-15-32(27)30(34)20-31(19-25-8-5-16-35-25)29(33)18-23-6-3-2-4-7-23/h2-12,14,16-17,27H,13,15,18-21H2,1H3. The molecule has 6 nitrogen and oxygen atoms in total. The summed E-state index contributed by atoms with van der Waals surface area (Å²) >= 11 is 1.72. The molecular weight excluding hydrogens is 484 g/mol. The second kappa shape index (κ2) is 11.5. The van der Waals surface area contributed by atoms with Crippen LogP contribution >= 0.6 is 11.3 Å². The molecule has 0 spiro atoms. The van der Waals surface area contributed by atoms with Gasteiger partial charge in [0.1, 0.15) is 24.7 Å². The molecule has 37 heavy (non-hydrogen) atoms. The maximum absolute atomic E-state index is 13.7. The number of ether oxygens (including phenoxy) is 1. The Kier molecular flexibility index (Phi) is 7.70. The number of benzene rings is 2. The van der Waals surface area contributed by atoms with Crippen LogP contribution in [-0.4, -0.2) is 41.3 Å². The number of furan rings is 1. The third kappa shape index (κ3) is 6.12. The van der Waals surface area contributed by atoms with Gasteiger partial charge in [-0.3, -0.25) is 9.59 Å². The van der Waals surface area contributed by atoms with Crippen molar-refractivity contribution in [3.63, 3.8) is 0 Å². The summed E-state index contributed by atoms with van der Waals surface area (Å²) in [5.41, 5.74) is 3.21. The van der Waals surface area contributed by atoms with Crippen LogP contribution in [0.25, 0.3) is 0 Å². The van der Waals surface area contributed by atoms with Crippen molar-refractivity contribution in [2.75, 3.05) is 19.7 Å². The fraction of sp³-hybridized carbons (Fsp3) is 0.267. The molecule has 0 radical (unpaired) electrons. The molecule has 1 unspecified atom stereocenters. The number of carbonyl (C=O) groups excluding carboxylic acids is 2. The number of hydrogen-bond donors (Lipinski definition) is 0. The molecule has 0 bridgehead atoms. The lowest BCUT2D eigenvalue weighted by Gasteiger charge is -2.37. The van der Waals surface area contributed by atoms with Gasteiger partial charge in [-0.1, -0.05) is 48.0 Å². The van der Waals surface area contributed by atoms with Crippen LogP contribution in [0.5, 0.6) is 5.75 Å². The van der Waals surface area contributed by atoms with Gasteiger partial charge in [-0.2, -0.15) is 0 Å². The number of hydrogen-bond acceptors (Lipinski definition) is 5. The highest BCUT2D eigenvalue weighted by atomic mass is 32.1. The number of nitrogens with zero attached hydrogens (tertiary/aromatic N) is 2. The van der Waals surface area contributed by atoms with Crippen LogP contribution in [0.2, 0.25) is 0 Å². The maximum Gasteiger partial charge on any atom is 0.242 e. The van der Waals surface area contributed by atoms with E-state index >= 15 is 0 Å². The molecule has 190 valence electrons. The minimum Gasteiger partial charge on any atom is -0.491 e. The first-order valence-corrected chi connectivity index (χ1v) is 13.3. The first-order valence-electron chi connectivity index (χ1n) is 12.5. The number of aryl methyl sites for hydroxylation is 1. The number of amides is 2. The summed E-state index contributed by atoms with van der Waals surface area (Å²) in [6, 6.07) is 23.0. The summed E-state index contributed by atoms with van der Waals surface area (Å²) in [6.07, 6.45) is 2.61. The van der Waals surface area contributed by atoms with Gasteiger partial charge in [-0.05, 0) is 60.2 Å². The van der Waals surface area contributed by atoms with Crippen LogP contribution in [0.15, 0.2) is 88.9 Å². The average Bonchev–Trinajstić information content (AvgIpc) is 3.60. The van der Waals surface area contributed by atoms with Crippen molar-refractivity contribution in [3.8, 4) is 5.75 Å². The smallest absolute Gasteiger partial charge is 0.242 e. The van der Waals surface area contributed by atoms with Gasteiger partial charge < -0.3 is 19.0 Å². The van der Waals surface area contributed by atoms with Gasteiger partial charge in [0, 0.05) is 11.4 Å². The van der Waals surface area contributed by atoms with Crippen LogP contribution in [0.3, 0.4) is 0 Å². The fourth-order valence-electron chi connectivity index (χ4n) is 4.64. The van der Waals surface area contributed by atoms with E-state index in [1.54, 1.807) is 28.6 Å². The Hall–Kier alpha value is -3.84. The van der Waals surface area contributed by atoms with Gasteiger partial charge in [-0.25, -0.2) is 0 Å². The summed E-state index contributed by atoms with van der Waals surface area (Å²) in [5.74, 6) is 1.21. The monoisotopic (exact) mass is 514 g/mol. The summed E-state index contributed by atoms with van der Waals surface area (Å²) < 4.78 is 11.6. The van der Waals surface area contributed by atoms with Gasteiger partial charge in [0.15, 0.2) is 0 Å². The molecule has 2 aromatic heterocycles. The predicted octanol–water partition coefficient (Wildman–Crippen LogP) is 5.43. The molecule has 3 heterocycles. The molecule has 2 aromatic carbocycles. The fourth-order valence-corrected chi connectivity index (χ4v) is 5.57. The Balaban J connectivity index is 1.33. The van der Waals surface area contributed by atoms with E-state index in [1.165, 1.54) is 10.4 Å². The molecule has 0 saturated carbocycles. The first-order chi connectivity index (χ1) is 18.1. The number of thiophene rings is 1. The Morgan fingerprint density at radius 3 is 2.62 bits per heavy atom. The van der Waals surface area contributed by atoms with E-state index in [0.29, 0.717) is 18.9 Å². The Morgan fingerprint density at radius 1 is 1.05 bits per heavy atom. The lowest BCUT2D eigenvalue weighted by molar-refractivity contribution is -0.143. The largest absolute Gasteiger partial charge is 0.491 e. The van der Waals surface area contributed by atoms with Crippen molar-refractivity contribution in [2.24, 2.45) is 0 Å². The number of carbonyl (C=O) groups is 2. The number of rotatable bonds is 9. The zero-order valence-electron chi connectivity index (χ0n) is 20.8. The van der Waals surface area contributed by atoms with E-state index in [-0.39, 0.29) is 37.4 Å². The molecule has 0 aliphatic carbocycles.